The monoisotopic (exact) mass is 427 g/mol. The number of hydrogen-bond acceptors (Lipinski definition) is 7. The minimum atomic E-state index is -0.435. The third kappa shape index (κ3) is 3.72. The second-order valence-electron chi connectivity index (χ2n) is 7.96. The molecule has 1 atom stereocenters. The number of rotatable bonds is 5. The maximum atomic E-state index is 13.0. The summed E-state index contributed by atoms with van der Waals surface area (Å²) in [5.41, 5.74) is 6.96. The van der Waals surface area contributed by atoms with Crippen molar-refractivity contribution in [2.24, 2.45) is 19.8 Å². The Balaban J connectivity index is 1.79. The lowest BCUT2D eigenvalue weighted by atomic mass is 10.1. The van der Waals surface area contributed by atoms with E-state index in [2.05, 4.69) is 9.88 Å². The highest BCUT2D eigenvalue weighted by atomic mass is 16.6. The highest BCUT2D eigenvalue weighted by molar-refractivity contribution is 5.74. The summed E-state index contributed by atoms with van der Waals surface area (Å²) in [6.07, 6.45) is 2.39. The topological polar surface area (TPSA) is 134 Å². The highest BCUT2D eigenvalue weighted by Gasteiger charge is 2.25. The number of hydrogen-bond donors (Lipinski definition) is 1. The van der Waals surface area contributed by atoms with E-state index in [0.717, 1.165) is 29.5 Å². The van der Waals surface area contributed by atoms with Gasteiger partial charge in [0.25, 0.3) is 11.2 Å². The van der Waals surface area contributed by atoms with Crippen LogP contribution in [0.3, 0.4) is 0 Å². The van der Waals surface area contributed by atoms with Crippen LogP contribution in [0.25, 0.3) is 11.2 Å². The van der Waals surface area contributed by atoms with Crippen molar-refractivity contribution in [2.75, 3.05) is 18.0 Å². The van der Waals surface area contributed by atoms with Gasteiger partial charge in [0.15, 0.2) is 11.2 Å². The van der Waals surface area contributed by atoms with Crippen molar-refractivity contribution < 1.29 is 4.92 Å². The molecule has 0 spiro atoms. The van der Waals surface area contributed by atoms with Crippen LogP contribution in [0, 0.1) is 10.1 Å². The van der Waals surface area contributed by atoms with Crippen LogP contribution in [0.2, 0.25) is 0 Å². The van der Waals surface area contributed by atoms with Crippen molar-refractivity contribution >= 4 is 22.8 Å². The molecule has 0 saturated carbocycles. The van der Waals surface area contributed by atoms with Gasteiger partial charge in [0.2, 0.25) is 5.95 Å². The lowest BCUT2D eigenvalue weighted by molar-refractivity contribution is -0.384. The molecule has 2 aromatic heterocycles. The predicted molar refractivity (Wildman–Crippen MR) is 116 cm³/mol. The van der Waals surface area contributed by atoms with Gasteiger partial charge in [-0.05, 0) is 24.8 Å². The molecule has 1 unspecified atom stereocenters. The van der Waals surface area contributed by atoms with E-state index in [-0.39, 0.29) is 11.7 Å². The van der Waals surface area contributed by atoms with E-state index in [9.17, 15) is 19.7 Å². The van der Waals surface area contributed by atoms with E-state index in [0.29, 0.717) is 36.6 Å². The van der Waals surface area contributed by atoms with Gasteiger partial charge in [-0.15, -0.1) is 0 Å². The van der Waals surface area contributed by atoms with Crippen LogP contribution < -0.4 is 21.9 Å². The number of aryl methyl sites for hydroxylation is 3. The van der Waals surface area contributed by atoms with E-state index in [1.807, 2.05) is 4.57 Å². The Hall–Kier alpha value is -3.47. The molecule has 0 aliphatic carbocycles. The van der Waals surface area contributed by atoms with Crippen molar-refractivity contribution in [1.82, 2.24) is 18.7 Å². The number of nitrogens with zero attached hydrogens (tertiary/aromatic N) is 6. The Morgan fingerprint density at radius 2 is 1.90 bits per heavy atom. The van der Waals surface area contributed by atoms with Gasteiger partial charge >= 0.3 is 5.69 Å². The molecule has 0 amide bonds. The SMILES string of the molecule is Cn1c(=O)c2c(nc(N3CCCC(N)C3)n2CCc2ccc([N+](=O)[O-])cc2)n(C)c1=O. The van der Waals surface area contributed by atoms with Gasteiger partial charge in [-0.2, -0.15) is 4.98 Å². The van der Waals surface area contributed by atoms with Gasteiger partial charge in [0.05, 0.1) is 4.92 Å². The lowest BCUT2D eigenvalue weighted by Crippen LogP contribution is -2.44. The molecular formula is C20H25N7O4. The summed E-state index contributed by atoms with van der Waals surface area (Å²) < 4.78 is 4.31. The first-order valence-electron chi connectivity index (χ1n) is 10.2. The Morgan fingerprint density at radius 1 is 1.19 bits per heavy atom. The largest absolute Gasteiger partial charge is 0.341 e. The van der Waals surface area contributed by atoms with Crippen molar-refractivity contribution in [3.8, 4) is 0 Å². The molecule has 2 N–H and O–H groups in total. The van der Waals surface area contributed by atoms with E-state index in [1.165, 1.54) is 23.7 Å². The maximum Gasteiger partial charge on any atom is 0.332 e. The summed E-state index contributed by atoms with van der Waals surface area (Å²) in [5, 5.41) is 10.9. The van der Waals surface area contributed by atoms with Crippen LogP contribution in [0.1, 0.15) is 18.4 Å². The molecule has 0 bridgehead atoms. The quantitative estimate of drug-likeness (QED) is 0.463. The fraction of sp³-hybridized carbons (Fsp3) is 0.450. The number of aromatic nitrogens is 4. The average molecular weight is 427 g/mol. The number of imidazole rings is 1. The molecule has 1 saturated heterocycles. The summed E-state index contributed by atoms with van der Waals surface area (Å²) >= 11 is 0. The molecule has 1 aliphatic rings. The minimum Gasteiger partial charge on any atom is -0.341 e. The molecule has 1 fully saturated rings. The number of anilines is 1. The number of nitro groups is 1. The van der Waals surface area contributed by atoms with Crippen molar-refractivity contribution in [3.63, 3.8) is 0 Å². The molecule has 1 aliphatic heterocycles. The molecule has 11 nitrogen and oxygen atoms in total. The zero-order chi connectivity index (χ0) is 22.3. The molecule has 4 rings (SSSR count). The van der Waals surface area contributed by atoms with Gasteiger partial charge in [-0.3, -0.25) is 24.0 Å². The molecule has 3 aromatic rings. The Kier molecular flexibility index (Phi) is 5.36. The molecular weight excluding hydrogens is 402 g/mol. The second-order valence-corrected chi connectivity index (χ2v) is 7.96. The first-order valence-corrected chi connectivity index (χ1v) is 10.2. The number of piperidine rings is 1. The number of non-ortho nitro benzene ring substituents is 1. The van der Waals surface area contributed by atoms with E-state index >= 15 is 0 Å². The van der Waals surface area contributed by atoms with Gasteiger partial charge in [0.1, 0.15) is 0 Å². The fourth-order valence-corrected chi connectivity index (χ4v) is 4.11. The predicted octanol–water partition coefficient (Wildman–Crippen LogP) is 0.512. The third-order valence-corrected chi connectivity index (χ3v) is 5.84. The summed E-state index contributed by atoms with van der Waals surface area (Å²) in [5.74, 6) is 0.616. The molecule has 164 valence electrons. The molecule has 3 heterocycles. The van der Waals surface area contributed by atoms with Gasteiger partial charge in [0, 0.05) is 51.9 Å². The molecule has 0 radical (unpaired) electrons. The Morgan fingerprint density at radius 3 is 2.55 bits per heavy atom. The lowest BCUT2D eigenvalue weighted by Gasteiger charge is -2.31. The fourth-order valence-electron chi connectivity index (χ4n) is 4.11. The van der Waals surface area contributed by atoms with Crippen molar-refractivity contribution in [3.05, 3.63) is 60.8 Å². The first kappa shape index (κ1) is 20.8. The van der Waals surface area contributed by atoms with E-state index in [4.69, 9.17) is 5.73 Å². The van der Waals surface area contributed by atoms with Crippen LogP contribution >= 0.6 is 0 Å². The zero-order valence-electron chi connectivity index (χ0n) is 17.5. The second kappa shape index (κ2) is 7.99. The number of nitrogens with two attached hydrogens (primary N) is 1. The number of fused-ring (bicyclic) bond motifs is 1. The van der Waals surface area contributed by atoms with E-state index < -0.39 is 16.2 Å². The summed E-state index contributed by atoms with van der Waals surface area (Å²) in [6.45, 7) is 1.82. The molecule has 1 aromatic carbocycles. The standard InChI is InChI=1S/C20H25N7O4/c1-23-17-16(18(28)24(2)20(23)29)26(19(22-17)25-10-3-4-14(21)12-25)11-9-13-5-7-15(8-6-13)27(30)31/h5-8,14H,3-4,9-12,21H2,1-2H3. The van der Waals surface area contributed by atoms with Crippen molar-refractivity contribution in [1.29, 1.82) is 0 Å². The van der Waals surface area contributed by atoms with Crippen LogP contribution in [0.15, 0.2) is 33.9 Å². The third-order valence-electron chi connectivity index (χ3n) is 5.84. The maximum absolute atomic E-state index is 13.0. The first-order chi connectivity index (χ1) is 14.8. The summed E-state index contributed by atoms with van der Waals surface area (Å²) in [4.78, 5) is 42.6. The van der Waals surface area contributed by atoms with Gasteiger partial charge in [-0.1, -0.05) is 12.1 Å². The number of nitro benzene ring substituents is 1. The average Bonchev–Trinajstić information content (AvgIpc) is 3.14. The van der Waals surface area contributed by atoms with Crippen LogP contribution in [-0.4, -0.2) is 42.7 Å². The van der Waals surface area contributed by atoms with Crippen molar-refractivity contribution in [2.45, 2.75) is 31.8 Å². The summed E-state index contributed by atoms with van der Waals surface area (Å²) in [6, 6.07) is 6.37. The summed E-state index contributed by atoms with van der Waals surface area (Å²) in [7, 11) is 3.05. The van der Waals surface area contributed by atoms with Crippen LogP contribution in [-0.2, 0) is 27.1 Å². The Labute approximate surface area is 177 Å². The van der Waals surface area contributed by atoms with Gasteiger partial charge < -0.3 is 15.2 Å². The molecule has 31 heavy (non-hydrogen) atoms. The zero-order valence-corrected chi connectivity index (χ0v) is 17.5. The van der Waals surface area contributed by atoms with Crippen LogP contribution in [0.4, 0.5) is 11.6 Å². The van der Waals surface area contributed by atoms with Gasteiger partial charge in [-0.25, -0.2) is 4.79 Å². The normalized spacial score (nSPS) is 16.7. The van der Waals surface area contributed by atoms with E-state index in [1.54, 1.807) is 19.2 Å². The highest BCUT2D eigenvalue weighted by Crippen LogP contribution is 2.24. The molecule has 11 heteroatoms. The Bertz CT molecular complexity index is 1260. The minimum absolute atomic E-state index is 0.0170. The smallest absolute Gasteiger partial charge is 0.332 e. The number of benzene rings is 1. The van der Waals surface area contributed by atoms with Crippen LogP contribution in [0.5, 0.6) is 0 Å².